The molecular weight excluding hydrogens is 239 g/mol. The highest BCUT2D eigenvalue weighted by Gasteiger charge is 2.09. The highest BCUT2D eigenvalue weighted by molar-refractivity contribution is 9.09. The van der Waals surface area contributed by atoms with Crippen LogP contribution in [0.15, 0.2) is 18.2 Å². The first-order valence-corrected chi connectivity index (χ1v) is 4.53. The molecule has 0 N–H and O–H groups in total. The van der Waals surface area contributed by atoms with Crippen LogP contribution in [0.1, 0.15) is 10.4 Å². The first-order valence-electron chi connectivity index (χ1n) is 3.62. The highest BCUT2D eigenvalue weighted by atomic mass is 79.9. The van der Waals surface area contributed by atoms with E-state index in [0.29, 0.717) is 11.8 Å². The van der Waals surface area contributed by atoms with Crippen LogP contribution in [-0.4, -0.2) is 13.4 Å². The van der Waals surface area contributed by atoms with E-state index >= 15 is 0 Å². The quantitative estimate of drug-likeness (QED) is 0.605. The smallest absolute Gasteiger partial charge is 0.165 e. The predicted octanol–water partition coefficient (Wildman–Crippen LogP) is 2.47. The van der Waals surface area contributed by atoms with E-state index < -0.39 is 10.6 Å². The Morgan fingerprint density at radius 3 is 2.77 bits per heavy atom. The Bertz CT molecular complexity index is 314. The summed E-state index contributed by atoms with van der Waals surface area (Å²) >= 11 is 3.09. The van der Waals surface area contributed by atoms with Crippen molar-refractivity contribution in [3.8, 4) is 5.75 Å². The van der Waals surface area contributed by atoms with Crippen LogP contribution in [0.5, 0.6) is 5.75 Å². The maximum atomic E-state index is 13.1. The second-order valence-electron chi connectivity index (χ2n) is 2.43. The van der Waals surface area contributed by atoms with Gasteiger partial charge < -0.3 is 9.53 Å². The van der Waals surface area contributed by atoms with Crippen LogP contribution in [0.3, 0.4) is 0 Å². The lowest BCUT2D eigenvalue weighted by Crippen LogP contribution is -1.94. The van der Waals surface area contributed by atoms with E-state index in [1.165, 1.54) is 19.2 Å². The second-order valence-corrected chi connectivity index (χ2v) is 3.42. The fourth-order valence-electron chi connectivity index (χ4n) is 0.933. The molecule has 1 aromatic rings. The summed E-state index contributed by atoms with van der Waals surface area (Å²) in [6, 6.07) is 4.39. The molecule has 70 valence electrons. The van der Waals surface area contributed by atoms with Crippen molar-refractivity contribution in [3.05, 3.63) is 29.6 Å². The predicted molar refractivity (Wildman–Crippen MR) is 50.7 cm³/mol. The molecule has 13 heavy (non-hydrogen) atoms. The van der Waals surface area contributed by atoms with E-state index in [4.69, 9.17) is 4.74 Å². The van der Waals surface area contributed by atoms with Gasteiger partial charge in [-0.2, -0.15) is 0 Å². The third-order valence-corrected chi connectivity index (χ3v) is 2.36. The van der Waals surface area contributed by atoms with E-state index in [0.717, 1.165) is 0 Å². The minimum atomic E-state index is -0.466. The number of benzene rings is 1. The van der Waals surface area contributed by atoms with E-state index in [-0.39, 0.29) is 5.75 Å². The number of hydrogen-bond acceptors (Lipinski definition) is 2. The van der Waals surface area contributed by atoms with Gasteiger partial charge in [-0.1, -0.05) is 22.0 Å². The lowest BCUT2D eigenvalue weighted by Gasteiger charge is -2.05. The molecule has 0 saturated carbocycles. The molecule has 0 aliphatic heterocycles. The van der Waals surface area contributed by atoms with E-state index in [1.807, 2.05) is 0 Å². The third-order valence-electron chi connectivity index (χ3n) is 1.61. The summed E-state index contributed by atoms with van der Waals surface area (Å²) in [6.07, 6.45) is 0.696. The van der Waals surface area contributed by atoms with Gasteiger partial charge in [0, 0.05) is 0 Å². The Morgan fingerprint density at radius 2 is 2.31 bits per heavy atom. The summed E-state index contributed by atoms with van der Waals surface area (Å²) in [5, 5.41) is 0. The van der Waals surface area contributed by atoms with Crippen molar-refractivity contribution in [3.63, 3.8) is 0 Å². The normalized spacial score (nSPS) is 12.2. The molecule has 1 aromatic carbocycles. The molecule has 0 heterocycles. The van der Waals surface area contributed by atoms with Crippen LogP contribution in [0.2, 0.25) is 0 Å². The molecular formula is C9H8BrFO2. The van der Waals surface area contributed by atoms with Crippen LogP contribution in [0.4, 0.5) is 4.39 Å². The number of rotatable bonds is 3. The zero-order valence-electron chi connectivity index (χ0n) is 6.96. The zero-order chi connectivity index (χ0) is 9.84. The average molecular weight is 247 g/mol. The molecule has 0 fully saturated rings. The van der Waals surface area contributed by atoms with Crippen molar-refractivity contribution >= 4 is 22.2 Å². The van der Waals surface area contributed by atoms with Gasteiger partial charge in [0.1, 0.15) is 6.29 Å². The molecule has 1 rings (SSSR count). The summed E-state index contributed by atoms with van der Waals surface area (Å²) in [5.41, 5.74) is 0.577. The number of methoxy groups -OCH3 is 1. The molecule has 2 nitrogen and oxygen atoms in total. The van der Waals surface area contributed by atoms with E-state index in [1.54, 1.807) is 6.07 Å². The lowest BCUT2D eigenvalue weighted by atomic mass is 10.1. The molecule has 0 bridgehead atoms. The maximum Gasteiger partial charge on any atom is 0.165 e. The molecule has 0 aliphatic carbocycles. The minimum absolute atomic E-state index is 0.175. The zero-order valence-corrected chi connectivity index (χ0v) is 8.55. The van der Waals surface area contributed by atoms with Crippen molar-refractivity contribution in [2.24, 2.45) is 0 Å². The Morgan fingerprint density at radius 1 is 1.62 bits per heavy atom. The van der Waals surface area contributed by atoms with Gasteiger partial charge in [-0.15, -0.1) is 0 Å². The Labute approximate surface area is 83.8 Å². The molecule has 1 atom stereocenters. The van der Waals surface area contributed by atoms with Crippen LogP contribution in [0, 0.1) is 5.82 Å². The third kappa shape index (κ3) is 2.28. The van der Waals surface area contributed by atoms with Crippen LogP contribution in [-0.2, 0) is 4.79 Å². The Kier molecular flexibility index (Phi) is 3.42. The van der Waals surface area contributed by atoms with Crippen molar-refractivity contribution in [2.45, 2.75) is 4.83 Å². The molecule has 0 spiro atoms. The number of halogens is 2. The maximum absolute atomic E-state index is 13.1. The average Bonchev–Trinajstić information content (AvgIpc) is 2.16. The van der Waals surface area contributed by atoms with Gasteiger partial charge in [0.15, 0.2) is 11.6 Å². The standard InChI is InChI=1S/C9H8BrFO2/c1-13-9-3-2-6(4-8(9)11)7(10)5-12/h2-5,7H,1H3/t7-/m1/s1. The summed E-state index contributed by atoms with van der Waals surface area (Å²) in [7, 11) is 1.39. The number of hydrogen-bond donors (Lipinski definition) is 0. The van der Waals surface area contributed by atoms with Crippen molar-refractivity contribution in [2.75, 3.05) is 7.11 Å². The lowest BCUT2D eigenvalue weighted by molar-refractivity contribution is -0.107. The van der Waals surface area contributed by atoms with E-state index in [9.17, 15) is 9.18 Å². The minimum Gasteiger partial charge on any atom is -0.494 e. The number of ether oxygens (including phenoxy) is 1. The number of aldehydes is 1. The molecule has 0 aliphatic rings. The fraction of sp³-hybridized carbons (Fsp3) is 0.222. The van der Waals surface area contributed by atoms with Crippen LogP contribution >= 0.6 is 15.9 Å². The van der Waals surface area contributed by atoms with Gasteiger partial charge in [-0.3, -0.25) is 0 Å². The topological polar surface area (TPSA) is 26.3 Å². The van der Waals surface area contributed by atoms with Gasteiger partial charge in [0.2, 0.25) is 0 Å². The SMILES string of the molecule is COc1ccc([C@H](Br)C=O)cc1F. The van der Waals surface area contributed by atoms with Gasteiger partial charge in [0.25, 0.3) is 0 Å². The van der Waals surface area contributed by atoms with Gasteiger partial charge in [0.05, 0.1) is 11.9 Å². The van der Waals surface area contributed by atoms with Crippen molar-refractivity contribution in [1.82, 2.24) is 0 Å². The monoisotopic (exact) mass is 246 g/mol. The fourth-order valence-corrected chi connectivity index (χ4v) is 1.22. The van der Waals surface area contributed by atoms with Crippen molar-refractivity contribution in [1.29, 1.82) is 0 Å². The molecule has 4 heteroatoms. The van der Waals surface area contributed by atoms with E-state index in [2.05, 4.69) is 15.9 Å². The summed E-state index contributed by atoms with van der Waals surface area (Å²) < 4.78 is 17.8. The first kappa shape index (κ1) is 10.2. The summed E-state index contributed by atoms with van der Waals surface area (Å²) in [6.45, 7) is 0. The van der Waals surface area contributed by atoms with Gasteiger partial charge in [-0.25, -0.2) is 4.39 Å². The molecule has 0 unspecified atom stereocenters. The molecule has 0 radical (unpaired) electrons. The second kappa shape index (κ2) is 4.37. The molecule has 0 saturated heterocycles. The molecule has 0 amide bonds. The largest absolute Gasteiger partial charge is 0.494 e. The van der Waals surface area contributed by atoms with Crippen LogP contribution < -0.4 is 4.74 Å². The summed E-state index contributed by atoms with van der Waals surface area (Å²) in [4.78, 5) is 9.91. The number of carbonyl (C=O) groups is 1. The van der Waals surface area contributed by atoms with Gasteiger partial charge >= 0.3 is 0 Å². The van der Waals surface area contributed by atoms with Crippen LogP contribution in [0.25, 0.3) is 0 Å². The number of alkyl halides is 1. The number of carbonyl (C=O) groups excluding carboxylic acids is 1. The highest BCUT2D eigenvalue weighted by Crippen LogP contribution is 2.25. The first-order chi connectivity index (χ1) is 6.19. The molecule has 0 aromatic heterocycles. The van der Waals surface area contributed by atoms with Gasteiger partial charge in [-0.05, 0) is 17.7 Å². The Balaban J connectivity index is 3.02. The van der Waals surface area contributed by atoms with Crippen molar-refractivity contribution < 1.29 is 13.9 Å². The summed E-state index contributed by atoms with van der Waals surface area (Å²) in [5.74, 6) is -0.291. The Hall–Kier alpha value is -0.900.